The Morgan fingerprint density at radius 1 is 0.704 bits per heavy atom. The molecule has 0 atom stereocenters. The Balaban J connectivity index is 1.55. The topological polar surface area (TPSA) is 22.1 Å². The van der Waals surface area contributed by atoms with Crippen molar-refractivity contribution < 1.29 is 4.74 Å². The molecule has 3 aromatic rings. The first-order valence-electron chi connectivity index (χ1n) is 10.0. The summed E-state index contributed by atoms with van der Waals surface area (Å²) in [6.45, 7) is 4.92. The molecule has 0 aliphatic heterocycles. The van der Waals surface area contributed by atoms with Crippen LogP contribution in [0.15, 0.2) is 66.9 Å². The molecule has 0 amide bonds. The molecule has 1 heterocycles. The van der Waals surface area contributed by atoms with Crippen LogP contribution in [0.5, 0.6) is 5.75 Å². The van der Waals surface area contributed by atoms with Crippen LogP contribution in [0, 0.1) is 0 Å². The molecule has 0 unspecified atom stereocenters. The molecule has 0 aliphatic rings. The molecule has 0 aliphatic carbocycles. The van der Waals surface area contributed by atoms with Gasteiger partial charge in [-0.05, 0) is 79.6 Å². The van der Waals surface area contributed by atoms with E-state index in [0.29, 0.717) is 6.61 Å². The number of aromatic nitrogens is 1. The van der Waals surface area contributed by atoms with Crippen molar-refractivity contribution in [3.05, 3.63) is 83.6 Å². The fourth-order valence-electron chi connectivity index (χ4n) is 3.17. The summed E-state index contributed by atoms with van der Waals surface area (Å²) in [6.07, 6.45) is 7.78. The molecule has 2 nitrogen and oxygen atoms in total. The van der Waals surface area contributed by atoms with Gasteiger partial charge in [-0.3, -0.25) is 4.98 Å². The van der Waals surface area contributed by atoms with Gasteiger partial charge in [0.05, 0.1) is 12.3 Å². The minimum atomic E-state index is 0.688. The summed E-state index contributed by atoms with van der Waals surface area (Å²) in [5, 5.41) is 0. The summed E-state index contributed by atoms with van der Waals surface area (Å²) in [7, 11) is 0. The molecular weight excluding hydrogens is 330 g/mol. The number of rotatable bonds is 9. The van der Waals surface area contributed by atoms with E-state index in [9.17, 15) is 0 Å². The van der Waals surface area contributed by atoms with Crippen molar-refractivity contribution in [3.63, 3.8) is 0 Å². The minimum Gasteiger partial charge on any atom is -0.494 e. The van der Waals surface area contributed by atoms with Gasteiger partial charge in [-0.25, -0.2) is 0 Å². The van der Waals surface area contributed by atoms with Gasteiger partial charge in [0.15, 0.2) is 0 Å². The van der Waals surface area contributed by atoms with E-state index in [1.165, 1.54) is 36.0 Å². The first-order chi connectivity index (χ1) is 13.3. The molecule has 0 saturated carbocycles. The molecule has 0 fully saturated rings. The van der Waals surface area contributed by atoms with Gasteiger partial charge in [0.25, 0.3) is 0 Å². The van der Waals surface area contributed by atoms with Gasteiger partial charge < -0.3 is 4.74 Å². The summed E-state index contributed by atoms with van der Waals surface area (Å²) in [6, 6.07) is 21.5. The summed E-state index contributed by atoms with van der Waals surface area (Å²) < 4.78 is 5.50. The Morgan fingerprint density at radius 2 is 1.33 bits per heavy atom. The molecule has 140 valence electrons. The molecule has 0 N–H and O–H groups in total. The highest BCUT2D eigenvalue weighted by Gasteiger charge is 2.02. The second kappa shape index (κ2) is 9.91. The van der Waals surface area contributed by atoms with Crippen molar-refractivity contribution in [1.29, 1.82) is 0 Å². The zero-order chi connectivity index (χ0) is 18.9. The average molecular weight is 360 g/mol. The van der Waals surface area contributed by atoms with Gasteiger partial charge in [0.1, 0.15) is 5.75 Å². The Labute approximate surface area is 163 Å². The summed E-state index contributed by atoms with van der Waals surface area (Å²) >= 11 is 0. The fraction of sp³-hybridized carbons (Fsp3) is 0.320. The maximum Gasteiger partial charge on any atom is 0.119 e. The number of unbranched alkanes of at least 4 members (excludes halogenated alkanes) is 1. The predicted molar refractivity (Wildman–Crippen MR) is 113 cm³/mol. The lowest BCUT2D eigenvalue weighted by atomic mass is 10.0. The van der Waals surface area contributed by atoms with Crippen LogP contribution in [0.25, 0.3) is 11.3 Å². The maximum absolute atomic E-state index is 5.50. The number of aryl methyl sites for hydroxylation is 3. The molecule has 0 spiro atoms. The van der Waals surface area contributed by atoms with Crippen LogP contribution in [0.4, 0.5) is 0 Å². The normalized spacial score (nSPS) is 10.7. The van der Waals surface area contributed by atoms with E-state index in [0.717, 1.165) is 29.8 Å². The average Bonchev–Trinajstić information content (AvgIpc) is 2.73. The van der Waals surface area contributed by atoms with Gasteiger partial charge in [-0.2, -0.15) is 0 Å². The highest BCUT2D eigenvalue weighted by Crippen LogP contribution is 2.21. The van der Waals surface area contributed by atoms with Gasteiger partial charge in [0.2, 0.25) is 0 Å². The number of ether oxygens (including phenoxy) is 1. The first-order valence-corrected chi connectivity index (χ1v) is 10.0. The highest BCUT2D eigenvalue weighted by molar-refractivity contribution is 5.60. The van der Waals surface area contributed by atoms with Crippen LogP contribution in [-0.4, -0.2) is 11.6 Å². The zero-order valence-electron chi connectivity index (χ0n) is 16.4. The maximum atomic E-state index is 5.50. The van der Waals surface area contributed by atoms with Crippen LogP contribution >= 0.6 is 0 Å². The molecule has 0 saturated heterocycles. The van der Waals surface area contributed by atoms with Crippen LogP contribution in [0.2, 0.25) is 0 Å². The standard InChI is InChI=1S/C25H29NO/c1-3-5-6-20-7-9-21(10-8-20)11-12-22-13-18-25(26-19-22)23-14-16-24(17-15-23)27-4-2/h7-10,13-19H,3-6,11-12H2,1-2H3. The Bertz CT molecular complexity index is 804. The lowest BCUT2D eigenvalue weighted by Gasteiger charge is -2.07. The summed E-state index contributed by atoms with van der Waals surface area (Å²) in [5.41, 5.74) is 6.24. The zero-order valence-corrected chi connectivity index (χ0v) is 16.4. The smallest absolute Gasteiger partial charge is 0.119 e. The summed E-state index contributed by atoms with van der Waals surface area (Å²) in [4.78, 5) is 4.64. The van der Waals surface area contributed by atoms with Crippen molar-refractivity contribution in [2.24, 2.45) is 0 Å². The van der Waals surface area contributed by atoms with Gasteiger partial charge in [-0.15, -0.1) is 0 Å². The van der Waals surface area contributed by atoms with Crippen molar-refractivity contribution in [2.45, 2.75) is 46.0 Å². The fourth-order valence-corrected chi connectivity index (χ4v) is 3.17. The van der Waals surface area contributed by atoms with E-state index in [4.69, 9.17) is 4.74 Å². The molecule has 2 aromatic carbocycles. The predicted octanol–water partition coefficient (Wildman–Crippen LogP) is 6.28. The second-order valence-electron chi connectivity index (χ2n) is 6.93. The van der Waals surface area contributed by atoms with Crippen molar-refractivity contribution >= 4 is 0 Å². The lowest BCUT2D eigenvalue weighted by Crippen LogP contribution is -1.94. The summed E-state index contributed by atoms with van der Waals surface area (Å²) in [5.74, 6) is 0.901. The SMILES string of the molecule is CCCCc1ccc(CCc2ccc(-c3ccc(OCC)cc3)nc2)cc1. The minimum absolute atomic E-state index is 0.688. The van der Waals surface area contributed by atoms with Crippen LogP contribution < -0.4 is 4.74 Å². The van der Waals surface area contributed by atoms with E-state index in [-0.39, 0.29) is 0 Å². The Morgan fingerprint density at radius 3 is 1.93 bits per heavy atom. The molecular formula is C25H29NO. The largest absolute Gasteiger partial charge is 0.494 e. The van der Waals surface area contributed by atoms with Gasteiger partial charge in [-0.1, -0.05) is 43.7 Å². The number of hydrogen-bond donors (Lipinski definition) is 0. The molecule has 0 radical (unpaired) electrons. The molecule has 0 bridgehead atoms. The van der Waals surface area contributed by atoms with E-state index < -0.39 is 0 Å². The van der Waals surface area contributed by atoms with Crippen LogP contribution in [0.1, 0.15) is 43.4 Å². The first kappa shape index (κ1) is 19.2. The van der Waals surface area contributed by atoms with E-state index in [1.54, 1.807) is 0 Å². The third-order valence-electron chi connectivity index (χ3n) is 4.83. The van der Waals surface area contributed by atoms with Gasteiger partial charge >= 0.3 is 0 Å². The molecule has 1 aromatic heterocycles. The number of nitrogens with zero attached hydrogens (tertiary/aromatic N) is 1. The van der Waals surface area contributed by atoms with Gasteiger partial charge in [0, 0.05) is 11.8 Å². The Hall–Kier alpha value is -2.61. The molecule has 3 rings (SSSR count). The second-order valence-corrected chi connectivity index (χ2v) is 6.93. The number of benzene rings is 2. The Kier molecular flexibility index (Phi) is 7.04. The van der Waals surface area contributed by atoms with Crippen molar-refractivity contribution in [3.8, 4) is 17.0 Å². The van der Waals surface area contributed by atoms with E-state index in [1.807, 2.05) is 25.3 Å². The van der Waals surface area contributed by atoms with E-state index in [2.05, 4.69) is 60.4 Å². The van der Waals surface area contributed by atoms with Crippen molar-refractivity contribution in [1.82, 2.24) is 4.98 Å². The number of hydrogen-bond acceptors (Lipinski definition) is 2. The molecule has 27 heavy (non-hydrogen) atoms. The van der Waals surface area contributed by atoms with E-state index >= 15 is 0 Å². The molecule has 2 heteroatoms. The lowest BCUT2D eigenvalue weighted by molar-refractivity contribution is 0.340. The third-order valence-corrected chi connectivity index (χ3v) is 4.83. The van der Waals surface area contributed by atoms with Crippen LogP contribution in [-0.2, 0) is 19.3 Å². The quantitative estimate of drug-likeness (QED) is 0.449. The monoisotopic (exact) mass is 359 g/mol. The number of pyridine rings is 1. The van der Waals surface area contributed by atoms with Crippen LogP contribution in [0.3, 0.4) is 0 Å². The van der Waals surface area contributed by atoms with Crippen molar-refractivity contribution in [2.75, 3.05) is 6.61 Å². The highest BCUT2D eigenvalue weighted by atomic mass is 16.5. The third kappa shape index (κ3) is 5.68.